The van der Waals surface area contributed by atoms with Crippen molar-refractivity contribution in [2.45, 2.75) is 40.2 Å². The van der Waals surface area contributed by atoms with Crippen LogP contribution in [0.1, 0.15) is 39.3 Å². The molecule has 2 N–H and O–H groups in total. The van der Waals surface area contributed by atoms with Crippen LogP contribution in [0.25, 0.3) is 5.57 Å². The zero-order chi connectivity index (χ0) is 16.6. The average molecular weight is 311 g/mol. The number of nitrogens with zero attached hydrogens (tertiary/aromatic N) is 2. The van der Waals surface area contributed by atoms with Crippen LogP contribution < -0.4 is 5.73 Å². The van der Waals surface area contributed by atoms with E-state index in [-0.39, 0.29) is 5.78 Å². The number of aliphatic imine (C=N–C) groups is 1. The molecule has 4 nitrogen and oxygen atoms in total. The highest BCUT2D eigenvalue weighted by molar-refractivity contribution is 6.22. The van der Waals surface area contributed by atoms with Gasteiger partial charge in [0.05, 0.1) is 17.9 Å². The largest absolute Gasteiger partial charge is 0.397 e. The molecule has 0 amide bonds. The van der Waals surface area contributed by atoms with Crippen LogP contribution in [-0.4, -0.2) is 22.6 Å². The van der Waals surface area contributed by atoms with Gasteiger partial charge in [-0.1, -0.05) is 19.9 Å². The number of hydrogen-bond acceptors (Lipinski definition) is 3. The summed E-state index contributed by atoms with van der Waals surface area (Å²) >= 11 is 0. The molecule has 2 aliphatic rings. The second-order valence-electron chi connectivity index (χ2n) is 6.90. The SMILES string of the molecule is CC(=O)/C(=C1\C=CC(C(C)C)=NC1)c1c(N)ccn1CC1CC1. The van der Waals surface area contributed by atoms with Crippen molar-refractivity contribution in [2.75, 3.05) is 12.3 Å². The Morgan fingerprint density at radius 3 is 2.65 bits per heavy atom. The zero-order valence-electron chi connectivity index (χ0n) is 14.2. The molecule has 1 saturated carbocycles. The van der Waals surface area contributed by atoms with Crippen LogP contribution in [0.5, 0.6) is 0 Å². The monoisotopic (exact) mass is 311 g/mol. The van der Waals surface area contributed by atoms with Crippen LogP contribution in [0.2, 0.25) is 0 Å². The smallest absolute Gasteiger partial charge is 0.162 e. The first kappa shape index (κ1) is 15.8. The van der Waals surface area contributed by atoms with Crippen LogP contribution in [-0.2, 0) is 11.3 Å². The van der Waals surface area contributed by atoms with Crippen LogP contribution >= 0.6 is 0 Å². The van der Waals surface area contributed by atoms with Crippen molar-refractivity contribution < 1.29 is 4.79 Å². The molecule has 1 aromatic heterocycles. The van der Waals surface area contributed by atoms with Gasteiger partial charge in [-0.2, -0.15) is 0 Å². The molecule has 1 aromatic rings. The van der Waals surface area contributed by atoms with Crippen molar-refractivity contribution in [3.8, 4) is 0 Å². The summed E-state index contributed by atoms with van der Waals surface area (Å²) in [5, 5.41) is 0. The average Bonchev–Trinajstić information content (AvgIpc) is 3.26. The minimum absolute atomic E-state index is 0.0512. The molecule has 0 atom stereocenters. The first-order valence-electron chi connectivity index (χ1n) is 8.39. The molecule has 0 radical (unpaired) electrons. The number of ketones is 1. The summed E-state index contributed by atoms with van der Waals surface area (Å²) in [7, 11) is 0. The van der Waals surface area contributed by atoms with E-state index in [1.54, 1.807) is 6.92 Å². The fraction of sp³-hybridized carbons (Fsp3) is 0.474. The van der Waals surface area contributed by atoms with Gasteiger partial charge >= 0.3 is 0 Å². The van der Waals surface area contributed by atoms with E-state index in [1.165, 1.54) is 12.8 Å². The highest BCUT2D eigenvalue weighted by Gasteiger charge is 2.26. The van der Waals surface area contributed by atoms with Crippen LogP contribution in [0, 0.1) is 11.8 Å². The van der Waals surface area contributed by atoms with Gasteiger partial charge < -0.3 is 10.3 Å². The van der Waals surface area contributed by atoms with E-state index in [2.05, 4.69) is 23.4 Å². The van der Waals surface area contributed by atoms with Crippen molar-refractivity contribution in [3.05, 3.63) is 35.7 Å². The van der Waals surface area contributed by atoms with Gasteiger partial charge in [-0.25, -0.2) is 0 Å². The third kappa shape index (κ3) is 3.31. The summed E-state index contributed by atoms with van der Waals surface area (Å²) in [4.78, 5) is 17.0. The van der Waals surface area contributed by atoms with E-state index in [0.717, 1.165) is 35.0 Å². The molecule has 23 heavy (non-hydrogen) atoms. The lowest BCUT2D eigenvalue weighted by molar-refractivity contribution is -0.111. The quantitative estimate of drug-likeness (QED) is 0.846. The molecule has 1 aliphatic heterocycles. The number of Topliss-reactive ketones (excluding diaryl/α,β-unsaturated/α-hetero) is 1. The molecule has 0 aromatic carbocycles. The van der Waals surface area contributed by atoms with Crippen molar-refractivity contribution in [2.24, 2.45) is 16.8 Å². The Morgan fingerprint density at radius 2 is 2.13 bits per heavy atom. The molecule has 1 aliphatic carbocycles. The van der Waals surface area contributed by atoms with E-state index in [9.17, 15) is 4.79 Å². The number of anilines is 1. The Balaban J connectivity index is 2.01. The first-order valence-corrected chi connectivity index (χ1v) is 8.39. The van der Waals surface area contributed by atoms with Crippen LogP contribution in [0.15, 0.2) is 35.0 Å². The normalized spacial score (nSPS) is 19.9. The molecule has 4 heteroatoms. The predicted octanol–water partition coefficient (Wildman–Crippen LogP) is 3.49. The molecule has 0 unspecified atom stereocenters. The maximum Gasteiger partial charge on any atom is 0.162 e. The number of nitrogen functional groups attached to an aromatic ring is 1. The van der Waals surface area contributed by atoms with Gasteiger partial charge in [-0.15, -0.1) is 0 Å². The Labute approximate surface area is 137 Å². The number of hydrogen-bond donors (Lipinski definition) is 1. The number of carbonyl (C=O) groups excluding carboxylic acids is 1. The molecule has 0 spiro atoms. The van der Waals surface area contributed by atoms with Crippen LogP contribution in [0.3, 0.4) is 0 Å². The maximum atomic E-state index is 12.4. The molecule has 1 fully saturated rings. The van der Waals surface area contributed by atoms with Crippen molar-refractivity contribution in [1.29, 1.82) is 0 Å². The third-order valence-electron chi connectivity index (χ3n) is 4.54. The molecule has 0 bridgehead atoms. The number of dihydropyridines is 1. The van der Waals surface area contributed by atoms with E-state index in [0.29, 0.717) is 18.2 Å². The lowest BCUT2D eigenvalue weighted by atomic mass is 9.96. The predicted molar refractivity (Wildman–Crippen MR) is 95.4 cm³/mol. The van der Waals surface area contributed by atoms with Gasteiger partial charge in [-0.05, 0) is 49.3 Å². The summed E-state index contributed by atoms with van der Waals surface area (Å²) in [6.45, 7) is 7.37. The van der Waals surface area contributed by atoms with Crippen molar-refractivity contribution in [3.63, 3.8) is 0 Å². The van der Waals surface area contributed by atoms with E-state index in [1.807, 2.05) is 24.4 Å². The lowest BCUT2D eigenvalue weighted by Gasteiger charge is -2.17. The number of rotatable bonds is 5. The molecular formula is C19H25N3O. The third-order valence-corrected chi connectivity index (χ3v) is 4.54. The fourth-order valence-electron chi connectivity index (χ4n) is 3.06. The fourth-order valence-corrected chi connectivity index (χ4v) is 3.06. The van der Waals surface area contributed by atoms with E-state index >= 15 is 0 Å². The van der Waals surface area contributed by atoms with Gasteiger partial charge in [0.25, 0.3) is 0 Å². The van der Waals surface area contributed by atoms with Gasteiger partial charge in [0.15, 0.2) is 5.78 Å². The van der Waals surface area contributed by atoms with Gasteiger partial charge in [-0.3, -0.25) is 9.79 Å². The Morgan fingerprint density at radius 1 is 1.39 bits per heavy atom. The topological polar surface area (TPSA) is 60.4 Å². The van der Waals surface area contributed by atoms with Crippen molar-refractivity contribution in [1.82, 2.24) is 4.57 Å². The van der Waals surface area contributed by atoms with Gasteiger partial charge in [0.2, 0.25) is 0 Å². The standard InChI is InChI=1S/C19H25N3O/c1-12(2)17-7-6-15(10-21-17)18(13(3)23)19-16(20)8-9-22(19)11-14-4-5-14/h6-9,12,14H,4-5,10-11,20H2,1-3H3/b18-15-. The first-order chi connectivity index (χ1) is 11.0. The highest BCUT2D eigenvalue weighted by atomic mass is 16.1. The second-order valence-corrected chi connectivity index (χ2v) is 6.90. The Hall–Kier alpha value is -2.10. The second kappa shape index (κ2) is 6.19. The molecular weight excluding hydrogens is 286 g/mol. The summed E-state index contributed by atoms with van der Waals surface area (Å²) in [6, 6.07) is 1.90. The zero-order valence-corrected chi connectivity index (χ0v) is 14.2. The van der Waals surface area contributed by atoms with Gasteiger partial charge in [0, 0.05) is 24.0 Å². The number of allylic oxidation sites excluding steroid dienone is 2. The number of nitrogens with two attached hydrogens (primary N) is 1. The number of carbonyl (C=O) groups is 1. The summed E-state index contributed by atoms with van der Waals surface area (Å²) in [5.74, 6) is 1.18. The summed E-state index contributed by atoms with van der Waals surface area (Å²) in [6.07, 6.45) is 8.60. The minimum atomic E-state index is 0.0512. The van der Waals surface area contributed by atoms with E-state index in [4.69, 9.17) is 5.73 Å². The van der Waals surface area contributed by atoms with E-state index < -0.39 is 0 Å². The molecule has 2 heterocycles. The minimum Gasteiger partial charge on any atom is -0.397 e. The molecule has 3 rings (SSSR count). The lowest BCUT2D eigenvalue weighted by Crippen LogP contribution is -2.14. The van der Waals surface area contributed by atoms with Crippen LogP contribution in [0.4, 0.5) is 5.69 Å². The molecule has 0 saturated heterocycles. The summed E-state index contributed by atoms with van der Waals surface area (Å²) < 4.78 is 2.15. The Bertz CT molecular complexity index is 715. The highest BCUT2D eigenvalue weighted by Crippen LogP contribution is 2.35. The Kier molecular flexibility index (Phi) is 4.24. The summed E-state index contributed by atoms with van der Waals surface area (Å²) in [5.41, 5.74) is 10.5. The number of aromatic nitrogens is 1. The van der Waals surface area contributed by atoms with Gasteiger partial charge in [0.1, 0.15) is 0 Å². The molecule has 122 valence electrons. The van der Waals surface area contributed by atoms with Crippen molar-refractivity contribution >= 4 is 22.8 Å². The maximum absolute atomic E-state index is 12.4.